The number of rotatable bonds is 10. The Morgan fingerprint density at radius 1 is 1.07 bits per heavy atom. The Labute approximate surface area is 243 Å². The number of sulfonamides is 1. The highest BCUT2D eigenvalue weighted by Crippen LogP contribution is 2.45. The van der Waals surface area contributed by atoms with Crippen molar-refractivity contribution in [1.29, 1.82) is 0 Å². The maximum absolute atomic E-state index is 14.9. The fraction of sp³-hybridized carbons (Fsp3) is 0.333. The van der Waals surface area contributed by atoms with E-state index < -0.39 is 21.8 Å². The molecule has 0 saturated carbocycles. The zero-order chi connectivity index (χ0) is 29.9. The van der Waals surface area contributed by atoms with Crippen molar-refractivity contribution in [3.8, 4) is 33.2 Å². The van der Waals surface area contributed by atoms with Crippen molar-refractivity contribution in [2.24, 2.45) is 5.41 Å². The van der Waals surface area contributed by atoms with Crippen LogP contribution >= 0.6 is 11.3 Å². The molecule has 0 spiro atoms. The Hall–Kier alpha value is -3.57. The lowest BCUT2D eigenvalue weighted by atomic mass is 9.93. The topological polar surface area (TPSA) is 90.4 Å². The van der Waals surface area contributed by atoms with Gasteiger partial charge in [0.1, 0.15) is 17.3 Å². The number of nitrogens with one attached hydrogen (secondary N) is 1. The van der Waals surface area contributed by atoms with E-state index >= 15 is 0 Å². The summed E-state index contributed by atoms with van der Waals surface area (Å²) in [5, 5.41) is 0.0189. The lowest BCUT2D eigenvalue weighted by Crippen LogP contribution is -2.13. The number of hydrogen-bond donors (Lipinski definition) is 1. The molecule has 0 bridgehead atoms. The Balaban J connectivity index is 1.84. The largest absolute Gasteiger partial charge is 0.493 e. The van der Waals surface area contributed by atoms with E-state index in [1.165, 1.54) is 18.2 Å². The van der Waals surface area contributed by atoms with Crippen LogP contribution in [0.25, 0.3) is 21.7 Å². The summed E-state index contributed by atoms with van der Waals surface area (Å²) in [5.74, 6) is -0.537. The third-order valence-corrected chi connectivity index (χ3v) is 8.43. The Morgan fingerprint density at radius 3 is 2.51 bits per heavy atom. The highest BCUT2D eigenvalue weighted by molar-refractivity contribution is 7.93. The van der Waals surface area contributed by atoms with Crippen molar-refractivity contribution in [2.75, 3.05) is 11.3 Å². The van der Waals surface area contributed by atoms with Gasteiger partial charge in [-0.25, -0.2) is 22.8 Å². The van der Waals surface area contributed by atoms with Crippen molar-refractivity contribution < 1.29 is 26.7 Å². The van der Waals surface area contributed by atoms with Gasteiger partial charge in [0.2, 0.25) is 5.95 Å². The summed E-state index contributed by atoms with van der Waals surface area (Å²) in [6.45, 7) is 12.4. The second-order valence-corrected chi connectivity index (χ2v) is 13.7. The monoisotopic (exact) mass is 601 g/mol. The molecule has 1 N–H and O–H groups in total. The van der Waals surface area contributed by atoms with Crippen LogP contribution in [-0.4, -0.2) is 31.1 Å². The Bertz CT molecular complexity index is 1650. The van der Waals surface area contributed by atoms with Crippen molar-refractivity contribution >= 4 is 26.5 Å². The maximum atomic E-state index is 14.9. The van der Waals surface area contributed by atoms with Gasteiger partial charge in [0.15, 0.2) is 5.13 Å². The molecule has 11 heteroatoms. The molecular weight excluding hydrogens is 568 g/mol. The molecule has 0 amide bonds. The van der Waals surface area contributed by atoms with E-state index in [4.69, 9.17) is 9.47 Å². The fourth-order valence-corrected chi connectivity index (χ4v) is 6.20. The molecular formula is C30H33F2N3O4S2. The third kappa shape index (κ3) is 7.80. The molecule has 0 aliphatic heterocycles. The van der Waals surface area contributed by atoms with Crippen LogP contribution in [0.2, 0.25) is 0 Å². The van der Waals surface area contributed by atoms with E-state index in [0.29, 0.717) is 39.8 Å². The highest BCUT2D eigenvalue weighted by Gasteiger charge is 2.25. The van der Waals surface area contributed by atoms with Crippen LogP contribution in [0.3, 0.4) is 0 Å². The molecule has 0 aliphatic rings. The van der Waals surface area contributed by atoms with Gasteiger partial charge in [-0.1, -0.05) is 44.2 Å². The average Bonchev–Trinajstić information content (AvgIpc) is 3.25. The third-order valence-electron chi connectivity index (χ3n) is 5.95. The molecule has 2 heterocycles. The van der Waals surface area contributed by atoms with Crippen molar-refractivity contribution in [1.82, 2.24) is 9.97 Å². The second-order valence-electron chi connectivity index (χ2n) is 11.1. The van der Waals surface area contributed by atoms with Crippen LogP contribution in [-0.2, 0) is 10.0 Å². The molecule has 0 saturated heterocycles. The number of ether oxygens (including phenoxy) is 2. The molecule has 0 aliphatic carbocycles. The van der Waals surface area contributed by atoms with Crippen molar-refractivity contribution in [3.05, 3.63) is 72.1 Å². The van der Waals surface area contributed by atoms with Crippen LogP contribution in [0.1, 0.15) is 46.6 Å². The minimum atomic E-state index is -4.20. The molecule has 218 valence electrons. The Kier molecular flexibility index (Phi) is 8.98. The molecule has 41 heavy (non-hydrogen) atoms. The van der Waals surface area contributed by atoms with Crippen LogP contribution in [0.4, 0.5) is 13.9 Å². The standard InChI is InChI=1S/C30H33F2N3O4S2/c1-18(2)39-24-9-7-8-19(3)26(24)27-28(20-14-21(31)16-22(15-20)38-13-11-30(4,5)6)40-29(34-27)35-41(36,37)23-10-12-33-25(32)17-23/h7-10,12,14-18H,11,13H2,1-6H3,(H,34,35). The van der Waals surface area contributed by atoms with E-state index in [0.717, 1.165) is 35.6 Å². The van der Waals surface area contributed by atoms with Gasteiger partial charge in [-0.05, 0) is 62.4 Å². The van der Waals surface area contributed by atoms with E-state index in [1.807, 2.05) is 39.0 Å². The molecule has 7 nitrogen and oxygen atoms in total. The normalized spacial score (nSPS) is 12.0. The first kappa shape index (κ1) is 30.4. The van der Waals surface area contributed by atoms with Gasteiger partial charge in [0.05, 0.1) is 28.2 Å². The van der Waals surface area contributed by atoms with Crippen molar-refractivity contribution in [2.45, 2.75) is 59.0 Å². The number of aromatic nitrogens is 2. The smallest absolute Gasteiger partial charge is 0.263 e. The molecule has 0 atom stereocenters. The van der Waals surface area contributed by atoms with E-state index in [1.54, 1.807) is 6.07 Å². The quantitative estimate of drug-likeness (QED) is 0.186. The average molecular weight is 602 g/mol. The predicted molar refractivity (Wildman–Crippen MR) is 158 cm³/mol. The maximum Gasteiger partial charge on any atom is 0.263 e. The van der Waals surface area contributed by atoms with E-state index in [-0.39, 0.29) is 21.5 Å². The summed E-state index contributed by atoms with van der Waals surface area (Å²) < 4.78 is 69.2. The zero-order valence-corrected chi connectivity index (χ0v) is 25.4. The molecule has 0 fully saturated rings. The Morgan fingerprint density at radius 2 is 1.83 bits per heavy atom. The summed E-state index contributed by atoms with van der Waals surface area (Å²) >= 11 is 1.03. The predicted octanol–water partition coefficient (Wildman–Crippen LogP) is 7.86. The number of anilines is 1. The van der Waals surface area contributed by atoms with E-state index in [9.17, 15) is 17.2 Å². The number of thiazole rings is 1. The van der Waals surface area contributed by atoms with Gasteiger partial charge in [-0.2, -0.15) is 4.39 Å². The highest BCUT2D eigenvalue weighted by atomic mass is 32.2. The van der Waals surface area contributed by atoms with Gasteiger partial charge in [-0.15, -0.1) is 0 Å². The molecule has 2 aromatic heterocycles. The molecule has 0 radical (unpaired) electrons. The van der Waals surface area contributed by atoms with Gasteiger partial charge in [-0.3, -0.25) is 4.72 Å². The lowest BCUT2D eigenvalue weighted by molar-refractivity contribution is 0.242. The number of pyridine rings is 1. The second kappa shape index (κ2) is 12.1. The first-order valence-electron chi connectivity index (χ1n) is 13.1. The number of hydrogen-bond acceptors (Lipinski definition) is 7. The van der Waals surface area contributed by atoms with Crippen LogP contribution in [0.15, 0.2) is 59.6 Å². The summed E-state index contributed by atoms with van der Waals surface area (Å²) in [6, 6.07) is 11.9. The van der Waals surface area contributed by atoms with Gasteiger partial charge in [0.25, 0.3) is 10.0 Å². The molecule has 2 aromatic carbocycles. The minimum absolute atomic E-state index is 0.0189. The van der Waals surface area contributed by atoms with Gasteiger partial charge >= 0.3 is 0 Å². The van der Waals surface area contributed by atoms with E-state index in [2.05, 4.69) is 35.5 Å². The zero-order valence-electron chi connectivity index (χ0n) is 23.8. The fourth-order valence-electron chi connectivity index (χ4n) is 4.00. The summed E-state index contributed by atoms with van der Waals surface area (Å²) in [7, 11) is -4.20. The number of nitrogens with zero attached hydrogens (tertiary/aromatic N) is 2. The van der Waals surface area contributed by atoms with Crippen LogP contribution in [0.5, 0.6) is 11.5 Å². The molecule has 4 rings (SSSR count). The molecule has 4 aromatic rings. The lowest BCUT2D eigenvalue weighted by Gasteiger charge is -2.18. The van der Waals surface area contributed by atoms with Gasteiger partial charge in [0, 0.05) is 29.5 Å². The summed E-state index contributed by atoms with van der Waals surface area (Å²) in [4.78, 5) is 8.27. The molecule has 0 unspecified atom stereocenters. The van der Waals surface area contributed by atoms with Gasteiger partial charge < -0.3 is 9.47 Å². The summed E-state index contributed by atoms with van der Waals surface area (Å²) in [5.41, 5.74) is 2.39. The minimum Gasteiger partial charge on any atom is -0.493 e. The SMILES string of the molecule is Cc1cccc(OC(C)C)c1-c1nc(NS(=O)(=O)c2ccnc(F)c2)sc1-c1cc(F)cc(OCCC(C)(C)C)c1. The first-order chi connectivity index (χ1) is 19.2. The summed E-state index contributed by atoms with van der Waals surface area (Å²) in [6.07, 6.45) is 1.69. The van der Waals surface area contributed by atoms with Crippen LogP contribution in [0, 0.1) is 24.1 Å². The first-order valence-corrected chi connectivity index (χ1v) is 15.4. The van der Waals surface area contributed by atoms with Crippen molar-refractivity contribution in [3.63, 3.8) is 0 Å². The number of benzene rings is 2. The number of halogens is 2. The number of aryl methyl sites for hydroxylation is 1. The van der Waals surface area contributed by atoms with Crippen LogP contribution < -0.4 is 14.2 Å².